The van der Waals surface area contributed by atoms with E-state index in [0.29, 0.717) is 17.7 Å². The molecule has 0 saturated heterocycles. The number of hydrogen-bond acceptors (Lipinski definition) is 7. The Kier molecular flexibility index (Phi) is 16.6. The summed E-state index contributed by atoms with van der Waals surface area (Å²) < 4.78 is 0. The summed E-state index contributed by atoms with van der Waals surface area (Å²) in [5.41, 5.74) is 2.80. The fourth-order valence-electron chi connectivity index (χ4n) is 5.10. The number of amides is 3. The molecule has 3 amide bonds. The molecule has 0 bridgehead atoms. The maximum atomic E-state index is 13.2. The highest BCUT2D eigenvalue weighted by atomic mass is 16.4. The Labute approximate surface area is 299 Å². The van der Waals surface area contributed by atoms with Gasteiger partial charge in [0.05, 0.1) is 6.42 Å². The summed E-state index contributed by atoms with van der Waals surface area (Å²) in [5, 5.41) is 42.3. The van der Waals surface area contributed by atoms with E-state index in [9.17, 15) is 34.2 Å². The summed E-state index contributed by atoms with van der Waals surface area (Å²) in [7, 11) is 0. The van der Waals surface area contributed by atoms with Crippen molar-refractivity contribution in [2.75, 3.05) is 10.6 Å². The maximum Gasteiger partial charge on any atom is 0.326 e. The van der Waals surface area contributed by atoms with Crippen LogP contribution in [-0.2, 0) is 30.4 Å². The first-order valence-corrected chi connectivity index (χ1v) is 17.0. The van der Waals surface area contributed by atoms with Gasteiger partial charge in [-0.2, -0.15) is 5.26 Å². The summed E-state index contributed by atoms with van der Waals surface area (Å²) >= 11 is 0. The summed E-state index contributed by atoms with van der Waals surface area (Å²) in [6, 6.07) is 11.1. The Bertz CT molecular complexity index is 1560. The Balaban J connectivity index is 1.95. The van der Waals surface area contributed by atoms with Crippen molar-refractivity contribution < 1.29 is 34.2 Å². The third-order valence-corrected chi connectivity index (χ3v) is 7.59. The van der Waals surface area contributed by atoms with Crippen LogP contribution in [0.3, 0.4) is 0 Å². The molecule has 51 heavy (non-hydrogen) atoms. The predicted molar refractivity (Wildman–Crippen MR) is 195 cm³/mol. The molecule has 2 rings (SSSR count). The molecule has 0 heterocycles. The number of nitrogens with zero attached hydrogens (tertiary/aromatic N) is 2. The van der Waals surface area contributed by atoms with Crippen LogP contribution in [0.5, 0.6) is 0 Å². The van der Waals surface area contributed by atoms with Crippen molar-refractivity contribution in [3.63, 3.8) is 0 Å². The average molecular weight is 706 g/mol. The molecule has 3 unspecified atom stereocenters. The number of unbranched alkanes of at least 4 members (excludes halogenated alkanes) is 1. The van der Waals surface area contributed by atoms with Crippen LogP contribution in [0.25, 0.3) is 0 Å². The molecule has 3 atom stereocenters. The van der Waals surface area contributed by atoms with Gasteiger partial charge in [0.1, 0.15) is 18.1 Å². The van der Waals surface area contributed by atoms with Crippen LogP contribution in [0, 0.1) is 29.7 Å². The van der Waals surface area contributed by atoms with Gasteiger partial charge in [-0.3, -0.25) is 14.4 Å². The highest BCUT2D eigenvalue weighted by molar-refractivity contribution is 6.04. The first-order chi connectivity index (χ1) is 23.9. The van der Waals surface area contributed by atoms with E-state index in [2.05, 4.69) is 31.6 Å². The number of anilines is 2. The second-order valence-electron chi connectivity index (χ2n) is 14.2. The van der Waals surface area contributed by atoms with Crippen LogP contribution in [0.15, 0.2) is 53.5 Å². The standard InChI is InChI=1S/C37H51N7O7/c1-23(2)19-30(33(47)44-29(35(50)51)10-8-7-9-28(34(48)49)42-32(46)21-37(4,5)6)43-31(45)20-25-13-17-27(18-14-25)41-36(39-22-38)40-26-15-11-24(3)12-16-26/h11-18,23,28-30H,7-10,19-21H2,1-6H3,(H,42,46)(H,43,45)(H,44,47)(H,48,49)(H,50,51)(H2,39,40,41). The second kappa shape index (κ2) is 20.3. The first-order valence-electron chi connectivity index (χ1n) is 17.0. The smallest absolute Gasteiger partial charge is 0.326 e. The van der Waals surface area contributed by atoms with Gasteiger partial charge in [-0.15, -0.1) is 4.99 Å². The summed E-state index contributed by atoms with van der Waals surface area (Å²) in [6.07, 6.45) is 2.89. The quantitative estimate of drug-likeness (QED) is 0.0496. The van der Waals surface area contributed by atoms with E-state index in [0.717, 1.165) is 11.3 Å². The van der Waals surface area contributed by atoms with Crippen molar-refractivity contribution >= 4 is 47.0 Å². The van der Waals surface area contributed by atoms with Gasteiger partial charge in [0, 0.05) is 17.8 Å². The van der Waals surface area contributed by atoms with Gasteiger partial charge >= 0.3 is 11.9 Å². The monoisotopic (exact) mass is 705 g/mol. The Morgan fingerprint density at radius 3 is 1.73 bits per heavy atom. The van der Waals surface area contributed by atoms with Crippen LogP contribution in [0.2, 0.25) is 0 Å². The van der Waals surface area contributed by atoms with Gasteiger partial charge in [-0.1, -0.05) is 77.3 Å². The minimum Gasteiger partial charge on any atom is -0.480 e. The number of aryl methyl sites for hydroxylation is 1. The molecular formula is C37H51N7O7. The molecule has 0 aliphatic heterocycles. The minimum absolute atomic E-state index is 0.00826. The van der Waals surface area contributed by atoms with Crippen molar-refractivity contribution in [1.29, 1.82) is 5.26 Å². The highest BCUT2D eigenvalue weighted by Crippen LogP contribution is 2.19. The molecule has 276 valence electrons. The van der Waals surface area contributed by atoms with E-state index >= 15 is 0 Å². The number of nitriles is 1. The molecule has 14 nitrogen and oxygen atoms in total. The molecule has 7 N–H and O–H groups in total. The first kappa shape index (κ1) is 41.7. The molecular weight excluding hydrogens is 654 g/mol. The summed E-state index contributed by atoms with van der Waals surface area (Å²) in [6.45, 7) is 11.3. The average Bonchev–Trinajstić information content (AvgIpc) is 3.02. The van der Waals surface area contributed by atoms with Gasteiger partial charge in [0.2, 0.25) is 29.9 Å². The third-order valence-electron chi connectivity index (χ3n) is 7.59. The third kappa shape index (κ3) is 16.7. The van der Waals surface area contributed by atoms with E-state index < -0.39 is 41.9 Å². The lowest BCUT2D eigenvalue weighted by atomic mass is 9.91. The maximum absolute atomic E-state index is 13.2. The van der Waals surface area contributed by atoms with Crippen molar-refractivity contribution in [2.24, 2.45) is 16.3 Å². The highest BCUT2D eigenvalue weighted by Gasteiger charge is 2.28. The summed E-state index contributed by atoms with van der Waals surface area (Å²) in [4.78, 5) is 65.9. The van der Waals surface area contributed by atoms with E-state index in [1.165, 1.54) is 0 Å². The fourth-order valence-corrected chi connectivity index (χ4v) is 5.10. The molecule has 0 aromatic heterocycles. The molecule has 0 saturated carbocycles. The van der Waals surface area contributed by atoms with Crippen LogP contribution in [0.1, 0.15) is 84.3 Å². The zero-order valence-corrected chi connectivity index (χ0v) is 30.2. The number of rotatable bonds is 18. The molecule has 2 aromatic carbocycles. The number of aliphatic imine (C=N–C) groups is 1. The van der Waals surface area contributed by atoms with Crippen molar-refractivity contribution in [3.05, 3.63) is 59.7 Å². The summed E-state index contributed by atoms with van der Waals surface area (Å²) in [5.74, 6) is -3.63. The SMILES string of the molecule is Cc1ccc(NC(=NC#N)Nc2ccc(CC(=O)NC(CC(C)C)C(=O)NC(CCCCC(NC(=O)CC(C)(C)C)C(=O)O)C(=O)O)cc2)cc1. The largest absolute Gasteiger partial charge is 0.480 e. The molecule has 0 radical (unpaired) electrons. The molecule has 14 heteroatoms. The molecule has 0 aliphatic rings. The van der Waals surface area contributed by atoms with Gasteiger partial charge in [0.25, 0.3) is 0 Å². The number of carbonyl (C=O) groups excluding carboxylic acids is 3. The molecule has 0 spiro atoms. The minimum atomic E-state index is -1.25. The number of carbonyl (C=O) groups is 5. The van der Waals surface area contributed by atoms with E-state index in [1.54, 1.807) is 30.5 Å². The van der Waals surface area contributed by atoms with Gasteiger partial charge in [-0.25, -0.2) is 9.59 Å². The number of guanidine groups is 1. The lowest BCUT2D eigenvalue weighted by molar-refractivity contribution is -0.143. The van der Waals surface area contributed by atoms with Crippen LogP contribution in [0.4, 0.5) is 11.4 Å². The van der Waals surface area contributed by atoms with Crippen LogP contribution < -0.4 is 26.6 Å². The van der Waals surface area contributed by atoms with E-state index in [1.807, 2.05) is 65.8 Å². The number of hydrogen-bond donors (Lipinski definition) is 7. The zero-order chi connectivity index (χ0) is 38.1. The topological polar surface area (TPSA) is 222 Å². The molecule has 0 fully saturated rings. The van der Waals surface area contributed by atoms with E-state index in [-0.39, 0.29) is 61.7 Å². The van der Waals surface area contributed by atoms with Crippen LogP contribution >= 0.6 is 0 Å². The predicted octanol–water partition coefficient (Wildman–Crippen LogP) is 4.56. The number of nitrogens with one attached hydrogen (secondary N) is 5. The second-order valence-corrected chi connectivity index (χ2v) is 14.2. The van der Waals surface area contributed by atoms with E-state index in [4.69, 9.17) is 5.26 Å². The van der Waals surface area contributed by atoms with Gasteiger partial charge < -0.3 is 36.8 Å². The number of carboxylic acids is 2. The van der Waals surface area contributed by atoms with Crippen molar-refractivity contribution in [2.45, 2.75) is 105 Å². The normalized spacial score (nSPS) is 13.3. The Morgan fingerprint density at radius 2 is 1.25 bits per heavy atom. The Hall–Kier alpha value is -5.45. The zero-order valence-electron chi connectivity index (χ0n) is 30.2. The van der Waals surface area contributed by atoms with Crippen LogP contribution in [-0.4, -0.2) is 64.0 Å². The molecule has 0 aliphatic carbocycles. The van der Waals surface area contributed by atoms with Gasteiger partial charge in [0.15, 0.2) is 0 Å². The van der Waals surface area contributed by atoms with Crippen molar-refractivity contribution in [3.8, 4) is 6.19 Å². The van der Waals surface area contributed by atoms with Gasteiger partial charge in [-0.05, 0) is 67.3 Å². The van der Waals surface area contributed by atoms with Crippen molar-refractivity contribution in [1.82, 2.24) is 16.0 Å². The lowest BCUT2D eigenvalue weighted by Gasteiger charge is -2.23. The fraction of sp³-hybridized carbons (Fsp3) is 0.486. The number of aliphatic carboxylic acids is 2. The number of carboxylic acid groups (broad SMARTS) is 2. The lowest BCUT2D eigenvalue weighted by Crippen LogP contribution is -2.52. The molecule has 2 aromatic rings. The Morgan fingerprint density at radius 1 is 0.765 bits per heavy atom. The number of benzene rings is 2.